The fourth-order valence-corrected chi connectivity index (χ4v) is 3.34. The Morgan fingerprint density at radius 1 is 1.50 bits per heavy atom. The van der Waals surface area contributed by atoms with Crippen LogP contribution in [0.5, 0.6) is 0 Å². The molecule has 3 nitrogen and oxygen atoms in total. The van der Waals surface area contributed by atoms with Gasteiger partial charge in [0.2, 0.25) is 0 Å². The number of likely N-dealkylation sites (tertiary alicyclic amines) is 1. The Morgan fingerprint density at radius 2 is 2.25 bits per heavy atom. The summed E-state index contributed by atoms with van der Waals surface area (Å²) >= 11 is 6.12. The lowest BCUT2D eigenvalue weighted by atomic mass is 9.89. The Morgan fingerprint density at radius 3 is 2.85 bits per heavy atom. The average molecular weight is 297 g/mol. The number of nitrogens with zero attached hydrogens (tertiary/aromatic N) is 1. The summed E-state index contributed by atoms with van der Waals surface area (Å²) in [5.74, 6) is 0. The highest BCUT2D eigenvalue weighted by molar-refractivity contribution is 6.30. The Bertz CT molecular complexity index is 450. The monoisotopic (exact) mass is 296 g/mol. The SMILES string of the molecule is CCC(N)C(c1cccc(Cl)c1)N1CCCC(C)(O)C1. The first kappa shape index (κ1) is 15.8. The summed E-state index contributed by atoms with van der Waals surface area (Å²) in [5.41, 5.74) is 6.87. The van der Waals surface area contributed by atoms with Gasteiger partial charge in [-0.05, 0) is 50.4 Å². The van der Waals surface area contributed by atoms with E-state index in [9.17, 15) is 5.11 Å². The van der Waals surface area contributed by atoms with Crippen LogP contribution >= 0.6 is 11.6 Å². The molecule has 2 rings (SSSR count). The number of aliphatic hydroxyl groups is 1. The molecule has 3 atom stereocenters. The quantitative estimate of drug-likeness (QED) is 0.898. The number of β-amino-alcohol motifs (C(OH)–C–C–N with tert-alkyl or cyclic N) is 1. The predicted molar refractivity (Wildman–Crippen MR) is 83.9 cm³/mol. The predicted octanol–water partition coefficient (Wildman–Crippen LogP) is 2.97. The second kappa shape index (κ2) is 6.44. The summed E-state index contributed by atoms with van der Waals surface area (Å²) in [6.07, 6.45) is 2.75. The van der Waals surface area contributed by atoms with Gasteiger partial charge >= 0.3 is 0 Å². The lowest BCUT2D eigenvalue weighted by Crippen LogP contribution is -2.51. The van der Waals surface area contributed by atoms with Gasteiger partial charge in [0.05, 0.1) is 11.6 Å². The molecule has 1 aliphatic rings. The van der Waals surface area contributed by atoms with Crippen molar-refractivity contribution in [3.8, 4) is 0 Å². The third kappa shape index (κ3) is 3.73. The van der Waals surface area contributed by atoms with E-state index in [-0.39, 0.29) is 12.1 Å². The van der Waals surface area contributed by atoms with Crippen molar-refractivity contribution in [2.24, 2.45) is 5.73 Å². The Hall–Kier alpha value is -0.610. The molecule has 112 valence electrons. The molecule has 0 aromatic heterocycles. The maximum absolute atomic E-state index is 10.3. The van der Waals surface area contributed by atoms with Crippen LogP contribution in [0.1, 0.15) is 44.7 Å². The van der Waals surface area contributed by atoms with Gasteiger partial charge in [0, 0.05) is 17.6 Å². The summed E-state index contributed by atoms with van der Waals surface area (Å²) in [7, 11) is 0. The van der Waals surface area contributed by atoms with E-state index in [0.29, 0.717) is 6.54 Å². The minimum Gasteiger partial charge on any atom is -0.389 e. The van der Waals surface area contributed by atoms with Crippen LogP contribution in [-0.2, 0) is 0 Å². The van der Waals surface area contributed by atoms with Crippen LogP contribution in [0.3, 0.4) is 0 Å². The van der Waals surface area contributed by atoms with Crippen molar-refractivity contribution >= 4 is 11.6 Å². The van der Waals surface area contributed by atoms with Crippen LogP contribution in [0.15, 0.2) is 24.3 Å². The van der Waals surface area contributed by atoms with Crippen molar-refractivity contribution in [1.82, 2.24) is 4.90 Å². The first-order valence-electron chi connectivity index (χ1n) is 7.40. The molecule has 1 aliphatic heterocycles. The van der Waals surface area contributed by atoms with E-state index in [4.69, 9.17) is 17.3 Å². The van der Waals surface area contributed by atoms with Crippen LogP contribution in [0.4, 0.5) is 0 Å². The van der Waals surface area contributed by atoms with Gasteiger partial charge in [-0.3, -0.25) is 4.90 Å². The lowest BCUT2D eigenvalue weighted by Gasteiger charge is -2.43. The summed E-state index contributed by atoms with van der Waals surface area (Å²) in [6, 6.07) is 8.08. The molecule has 0 bridgehead atoms. The van der Waals surface area contributed by atoms with E-state index >= 15 is 0 Å². The number of nitrogens with two attached hydrogens (primary N) is 1. The molecule has 3 unspecified atom stereocenters. The highest BCUT2D eigenvalue weighted by Crippen LogP contribution is 2.32. The zero-order valence-corrected chi connectivity index (χ0v) is 13.1. The molecule has 1 aromatic rings. The molecule has 0 radical (unpaired) electrons. The zero-order valence-electron chi connectivity index (χ0n) is 12.3. The second-order valence-corrected chi connectivity index (χ2v) is 6.58. The van der Waals surface area contributed by atoms with Gasteiger partial charge in [-0.25, -0.2) is 0 Å². The van der Waals surface area contributed by atoms with E-state index in [0.717, 1.165) is 36.4 Å². The summed E-state index contributed by atoms with van der Waals surface area (Å²) in [4.78, 5) is 2.31. The topological polar surface area (TPSA) is 49.5 Å². The van der Waals surface area contributed by atoms with Crippen LogP contribution < -0.4 is 5.73 Å². The maximum atomic E-state index is 10.3. The molecule has 0 aliphatic carbocycles. The number of benzene rings is 1. The van der Waals surface area contributed by atoms with E-state index in [1.165, 1.54) is 0 Å². The molecule has 4 heteroatoms. The van der Waals surface area contributed by atoms with Crippen molar-refractivity contribution in [2.75, 3.05) is 13.1 Å². The molecule has 20 heavy (non-hydrogen) atoms. The highest BCUT2D eigenvalue weighted by Gasteiger charge is 2.34. The molecule has 1 aromatic carbocycles. The molecule has 1 saturated heterocycles. The molecule has 1 fully saturated rings. The summed E-state index contributed by atoms with van der Waals surface area (Å²) < 4.78 is 0. The van der Waals surface area contributed by atoms with Crippen molar-refractivity contribution in [2.45, 2.75) is 50.8 Å². The van der Waals surface area contributed by atoms with Crippen molar-refractivity contribution < 1.29 is 5.11 Å². The van der Waals surface area contributed by atoms with Gasteiger partial charge in [0.25, 0.3) is 0 Å². The highest BCUT2D eigenvalue weighted by atomic mass is 35.5. The van der Waals surface area contributed by atoms with Gasteiger partial charge in [-0.1, -0.05) is 30.7 Å². The third-order valence-corrected chi connectivity index (χ3v) is 4.40. The second-order valence-electron chi connectivity index (χ2n) is 6.14. The Balaban J connectivity index is 2.28. The largest absolute Gasteiger partial charge is 0.389 e. The summed E-state index contributed by atoms with van der Waals surface area (Å²) in [5, 5.41) is 11.1. The summed E-state index contributed by atoms with van der Waals surface area (Å²) in [6.45, 7) is 5.65. The molecule has 0 amide bonds. The molecule has 0 spiro atoms. The first-order chi connectivity index (χ1) is 9.43. The van der Waals surface area contributed by atoms with E-state index in [1.54, 1.807) is 0 Å². The molecular weight excluding hydrogens is 272 g/mol. The van der Waals surface area contributed by atoms with Gasteiger partial charge in [0.1, 0.15) is 0 Å². The van der Waals surface area contributed by atoms with Crippen LogP contribution in [-0.4, -0.2) is 34.7 Å². The van der Waals surface area contributed by atoms with E-state index in [2.05, 4.69) is 17.9 Å². The first-order valence-corrected chi connectivity index (χ1v) is 7.78. The fraction of sp³-hybridized carbons (Fsp3) is 0.625. The third-order valence-electron chi connectivity index (χ3n) is 4.16. The lowest BCUT2D eigenvalue weighted by molar-refractivity contribution is -0.0343. The van der Waals surface area contributed by atoms with E-state index in [1.807, 2.05) is 25.1 Å². The number of piperidine rings is 1. The Labute approximate surface area is 126 Å². The number of halogens is 1. The molecule has 0 saturated carbocycles. The Kier molecular flexibility index (Phi) is 5.08. The van der Waals surface area contributed by atoms with Crippen LogP contribution in [0.25, 0.3) is 0 Å². The zero-order chi connectivity index (χ0) is 14.8. The van der Waals surface area contributed by atoms with Gasteiger partial charge in [-0.15, -0.1) is 0 Å². The maximum Gasteiger partial charge on any atom is 0.0746 e. The molecular formula is C16H25ClN2O. The number of rotatable bonds is 4. The van der Waals surface area contributed by atoms with Crippen molar-refractivity contribution in [1.29, 1.82) is 0 Å². The van der Waals surface area contributed by atoms with E-state index < -0.39 is 5.60 Å². The molecule has 3 N–H and O–H groups in total. The van der Waals surface area contributed by atoms with Crippen LogP contribution in [0, 0.1) is 0 Å². The minimum atomic E-state index is -0.622. The van der Waals surface area contributed by atoms with Gasteiger partial charge < -0.3 is 10.8 Å². The standard InChI is InChI=1S/C16H25ClN2O/c1-3-14(18)15(12-6-4-7-13(17)10-12)19-9-5-8-16(2,20)11-19/h4,6-7,10,14-15,20H,3,5,8-9,11,18H2,1-2H3. The van der Waals surface area contributed by atoms with Crippen LogP contribution in [0.2, 0.25) is 5.02 Å². The smallest absolute Gasteiger partial charge is 0.0746 e. The normalized spacial score (nSPS) is 27.2. The molecule has 1 heterocycles. The fourth-order valence-electron chi connectivity index (χ4n) is 3.14. The minimum absolute atomic E-state index is 0.0439. The number of hydrogen-bond donors (Lipinski definition) is 2. The average Bonchev–Trinajstić information content (AvgIpc) is 2.38. The van der Waals surface area contributed by atoms with Gasteiger partial charge in [0.15, 0.2) is 0 Å². The number of hydrogen-bond acceptors (Lipinski definition) is 3. The van der Waals surface area contributed by atoms with Gasteiger partial charge in [-0.2, -0.15) is 0 Å². The van der Waals surface area contributed by atoms with Crippen molar-refractivity contribution in [3.63, 3.8) is 0 Å². The van der Waals surface area contributed by atoms with Crippen molar-refractivity contribution in [3.05, 3.63) is 34.9 Å².